The van der Waals surface area contributed by atoms with Crippen LogP contribution < -0.4 is 9.47 Å². The molecule has 1 amide bonds. The van der Waals surface area contributed by atoms with Crippen molar-refractivity contribution in [1.29, 1.82) is 0 Å². The summed E-state index contributed by atoms with van der Waals surface area (Å²) in [5.74, 6) is 1.14. The van der Waals surface area contributed by atoms with Gasteiger partial charge in [-0.15, -0.1) is 0 Å². The van der Waals surface area contributed by atoms with E-state index in [9.17, 15) is 4.79 Å². The Morgan fingerprint density at radius 2 is 1.90 bits per heavy atom. The molecule has 0 aliphatic carbocycles. The molecule has 110 valence electrons. The zero-order chi connectivity index (χ0) is 14.7. The second kappa shape index (κ2) is 5.82. The van der Waals surface area contributed by atoms with Crippen LogP contribution >= 0.6 is 0 Å². The Morgan fingerprint density at radius 1 is 1.24 bits per heavy atom. The molecule has 0 unspecified atom stereocenters. The summed E-state index contributed by atoms with van der Waals surface area (Å²) in [5, 5.41) is 8.14. The minimum Gasteiger partial charge on any atom is -0.493 e. The average Bonchev–Trinajstić information content (AvgIpc) is 2.97. The number of benzene rings is 1. The number of likely N-dealkylation sites (tertiary alicyclic amines) is 1. The minimum absolute atomic E-state index is 0.000368. The van der Waals surface area contributed by atoms with Crippen LogP contribution in [0.1, 0.15) is 6.04 Å². The molecular weight excluding hydrogens is 272 g/mol. The molecule has 1 aromatic heterocycles. The Hall–Kier alpha value is -2.57. The first-order valence-corrected chi connectivity index (χ1v) is 6.67. The van der Waals surface area contributed by atoms with Crippen LogP contribution in [0.5, 0.6) is 11.5 Å². The summed E-state index contributed by atoms with van der Waals surface area (Å²) >= 11 is 0. The van der Waals surface area contributed by atoms with Gasteiger partial charge in [0.15, 0.2) is 18.1 Å². The molecule has 0 spiro atoms. The van der Waals surface area contributed by atoms with Crippen LogP contribution in [0.2, 0.25) is 0 Å². The first-order chi connectivity index (χ1) is 10.3. The molecule has 3 rings (SSSR count). The Labute approximate surface area is 122 Å². The molecular formula is C14H16N4O3. The molecule has 2 aromatic rings. The van der Waals surface area contributed by atoms with Crippen LogP contribution in [-0.4, -0.2) is 52.6 Å². The Bertz CT molecular complexity index is 608. The first kappa shape index (κ1) is 13.4. The van der Waals surface area contributed by atoms with Crippen molar-refractivity contribution in [2.24, 2.45) is 0 Å². The summed E-state index contributed by atoms with van der Waals surface area (Å²) in [6.45, 7) is 1.23. The van der Waals surface area contributed by atoms with Crippen molar-refractivity contribution in [1.82, 2.24) is 19.9 Å². The standard InChI is InChI=1S/C14H16N4O3/c1-20-12-4-2-3-5-13(12)21-10-14(19)17-8-11(9-17)18-15-6-7-16-18/h2-7,11H,8-10H2,1H3. The lowest BCUT2D eigenvalue weighted by molar-refractivity contribution is -0.139. The molecule has 1 aliphatic heterocycles. The van der Waals surface area contributed by atoms with Gasteiger partial charge in [-0.1, -0.05) is 12.1 Å². The normalized spacial score (nSPS) is 14.6. The van der Waals surface area contributed by atoms with E-state index >= 15 is 0 Å². The summed E-state index contributed by atoms with van der Waals surface area (Å²) < 4.78 is 10.7. The number of hydrogen-bond acceptors (Lipinski definition) is 5. The molecule has 1 saturated heterocycles. The van der Waals surface area contributed by atoms with E-state index in [0.29, 0.717) is 24.6 Å². The number of carbonyl (C=O) groups is 1. The number of ether oxygens (including phenoxy) is 2. The predicted molar refractivity (Wildman–Crippen MR) is 74.1 cm³/mol. The Balaban J connectivity index is 1.50. The van der Waals surface area contributed by atoms with Gasteiger partial charge in [0.25, 0.3) is 5.91 Å². The van der Waals surface area contributed by atoms with Crippen LogP contribution in [0.3, 0.4) is 0 Å². The number of aromatic nitrogens is 3. The van der Waals surface area contributed by atoms with Crippen molar-refractivity contribution >= 4 is 5.91 Å². The summed E-state index contributed by atoms with van der Waals surface area (Å²) in [6, 6.07) is 7.42. The average molecular weight is 288 g/mol. The second-order valence-corrected chi connectivity index (χ2v) is 4.74. The number of nitrogens with zero attached hydrogens (tertiary/aromatic N) is 4. The fourth-order valence-corrected chi connectivity index (χ4v) is 2.19. The van der Waals surface area contributed by atoms with Gasteiger partial charge in [0, 0.05) is 13.1 Å². The van der Waals surface area contributed by atoms with Crippen LogP contribution in [0.4, 0.5) is 0 Å². The SMILES string of the molecule is COc1ccccc1OCC(=O)N1CC(n2nccn2)C1. The third-order valence-electron chi connectivity index (χ3n) is 3.40. The van der Waals surface area contributed by atoms with Crippen molar-refractivity contribution in [2.75, 3.05) is 26.8 Å². The van der Waals surface area contributed by atoms with Crippen LogP contribution in [0.15, 0.2) is 36.7 Å². The molecule has 1 aromatic carbocycles. The molecule has 1 aliphatic rings. The summed E-state index contributed by atoms with van der Waals surface area (Å²) in [5.41, 5.74) is 0. The maximum Gasteiger partial charge on any atom is 0.260 e. The van der Waals surface area contributed by atoms with E-state index < -0.39 is 0 Å². The van der Waals surface area contributed by atoms with Gasteiger partial charge >= 0.3 is 0 Å². The number of carbonyl (C=O) groups excluding carboxylic acids is 1. The highest BCUT2D eigenvalue weighted by Crippen LogP contribution is 2.26. The van der Waals surface area contributed by atoms with Gasteiger partial charge in [-0.25, -0.2) is 0 Å². The molecule has 7 heteroatoms. The van der Waals surface area contributed by atoms with Gasteiger partial charge in [0.1, 0.15) is 6.04 Å². The van der Waals surface area contributed by atoms with Crippen molar-refractivity contribution in [3.63, 3.8) is 0 Å². The Morgan fingerprint density at radius 3 is 2.57 bits per heavy atom. The second-order valence-electron chi connectivity index (χ2n) is 4.74. The molecule has 7 nitrogen and oxygen atoms in total. The molecule has 0 atom stereocenters. The number of methoxy groups -OCH3 is 1. The summed E-state index contributed by atoms with van der Waals surface area (Å²) in [4.78, 5) is 15.4. The van der Waals surface area contributed by atoms with E-state index in [2.05, 4.69) is 10.2 Å². The Kier molecular flexibility index (Phi) is 3.72. The van der Waals surface area contributed by atoms with Crippen LogP contribution in [0.25, 0.3) is 0 Å². The minimum atomic E-state index is -0.0516. The van der Waals surface area contributed by atoms with Gasteiger partial charge in [-0.2, -0.15) is 15.0 Å². The van der Waals surface area contributed by atoms with Gasteiger partial charge in [-0.05, 0) is 12.1 Å². The molecule has 21 heavy (non-hydrogen) atoms. The smallest absolute Gasteiger partial charge is 0.260 e. The van der Waals surface area contributed by atoms with Gasteiger partial charge < -0.3 is 14.4 Å². The number of para-hydroxylation sites is 2. The zero-order valence-electron chi connectivity index (χ0n) is 11.7. The lowest BCUT2D eigenvalue weighted by Crippen LogP contribution is -2.52. The molecule has 0 saturated carbocycles. The fraction of sp³-hybridized carbons (Fsp3) is 0.357. The van der Waals surface area contributed by atoms with Gasteiger partial charge in [0.2, 0.25) is 0 Å². The van der Waals surface area contributed by atoms with Crippen molar-refractivity contribution < 1.29 is 14.3 Å². The van der Waals surface area contributed by atoms with Crippen molar-refractivity contribution in [2.45, 2.75) is 6.04 Å². The van der Waals surface area contributed by atoms with Gasteiger partial charge in [0.05, 0.1) is 19.5 Å². The number of hydrogen-bond donors (Lipinski definition) is 0. The van der Waals surface area contributed by atoms with E-state index in [0.717, 1.165) is 0 Å². The predicted octanol–water partition coefficient (Wildman–Crippen LogP) is 0.749. The first-order valence-electron chi connectivity index (χ1n) is 6.67. The molecule has 0 radical (unpaired) electrons. The zero-order valence-corrected chi connectivity index (χ0v) is 11.7. The summed E-state index contributed by atoms with van der Waals surface area (Å²) in [7, 11) is 1.57. The quantitative estimate of drug-likeness (QED) is 0.812. The van der Waals surface area contributed by atoms with Crippen molar-refractivity contribution in [3.8, 4) is 11.5 Å². The number of amides is 1. The van der Waals surface area contributed by atoms with E-state index in [4.69, 9.17) is 9.47 Å². The van der Waals surface area contributed by atoms with E-state index in [1.54, 1.807) is 41.3 Å². The van der Waals surface area contributed by atoms with Gasteiger partial charge in [-0.3, -0.25) is 4.79 Å². The third-order valence-corrected chi connectivity index (χ3v) is 3.40. The lowest BCUT2D eigenvalue weighted by atomic mass is 10.1. The van der Waals surface area contributed by atoms with E-state index in [1.165, 1.54) is 0 Å². The maximum atomic E-state index is 12.0. The monoisotopic (exact) mass is 288 g/mol. The highest BCUT2D eigenvalue weighted by atomic mass is 16.5. The maximum absolute atomic E-state index is 12.0. The topological polar surface area (TPSA) is 69.5 Å². The van der Waals surface area contributed by atoms with Crippen LogP contribution in [0, 0.1) is 0 Å². The largest absolute Gasteiger partial charge is 0.493 e. The van der Waals surface area contributed by atoms with E-state index in [1.807, 2.05) is 12.1 Å². The van der Waals surface area contributed by atoms with Crippen molar-refractivity contribution in [3.05, 3.63) is 36.7 Å². The molecule has 1 fully saturated rings. The van der Waals surface area contributed by atoms with Crippen LogP contribution in [-0.2, 0) is 4.79 Å². The highest BCUT2D eigenvalue weighted by Gasteiger charge is 2.33. The molecule has 0 N–H and O–H groups in total. The highest BCUT2D eigenvalue weighted by molar-refractivity contribution is 5.78. The molecule has 0 bridgehead atoms. The number of rotatable bonds is 5. The lowest BCUT2D eigenvalue weighted by Gasteiger charge is -2.38. The third kappa shape index (κ3) is 2.81. The fourth-order valence-electron chi connectivity index (χ4n) is 2.19. The van der Waals surface area contributed by atoms with E-state index in [-0.39, 0.29) is 18.6 Å². The molecule has 2 heterocycles. The summed E-state index contributed by atoms with van der Waals surface area (Å²) in [6.07, 6.45) is 3.27.